The molecule has 0 unspecified atom stereocenters. The highest BCUT2D eigenvalue weighted by Gasteiger charge is 2.13. The van der Waals surface area contributed by atoms with Crippen LogP contribution in [0.15, 0.2) is 42.5 Å². The molecule has 0 aliphatic carbocycles. The summed E-state index contributed by atoms with van der Waals surface area (Å²) in [7, 11) is 0. The van der Waals surface area contributed by atoms with Crippen molar-refractivity contribution in [2.45, 2.75) is 6.61 Å². The van der Waals surface area contributed by atoms with Crippen molar-refractivity contribution < 1.29 is 18.3 Å². The van der Waals surface area contributed by atoms with Crippen LogP contribution in [0.25, 0.3) is 0 Å². The summed E-state index contributed by atoms with van der Waals surface area (Å²) in [6.45, 7) is -0.125. The third-order valence-corrected chi connectivity index (χ3v) is 2.47. The molecule has 0 bridgehead atoms. The Bertz CT molecular complexity index is 614. The standard InChI is InChI=1S/C14H11F2NO2/c15-10-3-1-2-9(6-10)8-19-14(18)12-5-4-11(17)7-13(12)16/h1-7H,8,17H2. The second kappa shape index (κ2) is 5.48. The molecule has 0 aliphatic rings. The number of carbonyl (C=O) groups excluding carboxylic acids is 1. The number of rotatable bonds is 3. The zero-order valence-electron chi connectivity index (χ0n) is 9.90. The molecule has 0 heterocycles. The van der Waals surface area contributed by atoms with Crippen LogP contribution < -0.4 is 5.73 Å². The van der Waals surface area contributed by atoms with Gasteiger partial charge in [-0.3, -0.25) is 0 Å². The van der Waals surface area contributed by atoms with Gasteiger partial charge in [0, 0.05) is 5.69 Å². The maximum Gasteiger partial charge on any atom is 0.341 e. The second-order valence-electron chi connectivity index (χ2n) is 3.95. The largest absolute Gasteiger partial charge is 0.457 e. The molecule has 5 heteroatoms. The molecule has 2 N–H and O–H groups in total. The molecule has 0 aliphatic heterocycles. The number of halogens is 2. The van der Waals surface area contributed by atoms with Crippen LogP contribution in [0.2, 0.25) is 0 Å². The molecule has 0 saturated carbocycles. The van der Waals surface area contributed by atoms with E-state index in [2.05, 4.69) is 0 Å². The van der Waals surface area contributed by atoms with E-state index in [4.69, 9.17) is 10.5 Å². The van der Waals surface area contributed by atoms with Crippen LogP contribution >= 0.6 is 0 Å². The van der Waals surface area contributed by atoms with E-state index < -0.39 is 17.6 Å². The first-order valence-electron chi connectivity index (χ1n) is 5.53. The highest BCUT2D eigenvalue weighted by Crippen LogP contribution is 2.14. The fourth-order valence-electron chi connectivity index (χ4n) is 1.55. The number of esters is 1. The number of benzene rings is 2. The summed E-state index contributed by atoms with van der Waals surface area (Å²) >= 11 is 0. The molecule has 0 aromatic heterocycles. The van der Waals surface area contributed by atoms with Gasteiger partial charge in [-0.1, -0.05) is 12.1 Å². The summed E-state index contributed by atoms with van der Waals surface area (Å²) in [4.78, 5) is 11.6. The van der Waals surface area contributed by atoms with Crippen LogP contribution in [0, 0.1) is 11.6 Å². The third kappa shape index (κ3) is 3.28. The van der Waals surface area contributed by atoms with Gasteiger partial charge in [0.05, 0.1) is 5.56 Å². The van der Waals surface area contributed by atoms with E-state index in [1.807, 2.05) is 0 Å². The zero-order chi connectivity index (χ0) is 13.8. The van der Waals surface area contributed by atoms with Gasteiger partial charge in [0.2, 0.25) is 0 Å². The minimum atomic E-state index is -0.818. The minimum Gasteiger partial charge on any atom is -0.457 e. The lowest BCUT2D eigenvalue weighted by Crippen LogP contribution is -2.08. The van der Waals surface area contributed by atoms with Crippen molar-refractivity contribution in [1.82, 2.24) is 0 Å². The van der Waals surface area contributed by atoms with Gasteiger partial charge in [-0.15, -0.1) is 0 Å². The predicted octanol–water partition coefficient (Wildman–Crippen LogP) is 2.90. The summed E-state index contributed by atoms with van der Waals surface area (Å²) in [6.07, 6.45) is 0. The third-order valence-electron chi connectivity index (χ3n) is 2.47. The van der Waals surface area contributed by atoms with Gasteiger partial charge in [-0.2, -0.15) is 0 Å². The lowest BCUT2D eigenvalue weighted by Gasteiger charge is -2.06. The van der Waals surface area contributed by atoms with E-state index in [9.17, 15) is 13.6 Å². The maximum atomic E-state index is 13.4. The predicted molar refractivity (Wildman–Crippen MR) is 66.3 cm³/mol. The van der Waals surface area contributed by atoms with Gasteiger partial charge >= 0.3 is 5.97 Å². The Balaban J connectivity index is 2.05. The topological polar surface area (TPSA) is 52.3 Å². The smallest absolute Gasteiger partial charge is 0.341 e. The number of anilines is 1. The van der Waals surface area contributed by atoms with Crippen LogP contribution in [0.1, 0.15) is 15.9 Å². The van der Waals surface area contributed by atoms with Gasteiger partial charge in [0.1, 0.15) is 18.2 Å². The van der Waals surface area contributed by atoms with E-state index in [0.29, 0.717) is 5.56 Å². The van der Waals surface area contributed by atoms with Crippen molar-refractivity contribution in [1.29, 1.82) is 0 Å². The number of hydrogen-bond donors (Lipinski definition) is 1. The summed E-state index contributed by atoms with van der Waals surface area (Å²) in [5.41, 5.74) is 5.88. The molecule has 0 amide bonds. The Labute approximate surface area is 108 Å². The molecule has 0 fully saturated rings. The normalized spacial score (nSPS) is 10.2. The molecule has 0 radical (unpaired) electrons. The van der Waals surface area contributed by atoms with Crippen molar-refractivity contribution in [2.24, 2.45) is 0 Å². The fourth-order valence-corrected chi connectivity index (χ4v) is 1.55. The van der Waals surface area contributed by atoms with Gasteiger partial charge in [0.15, 0.2) is 0 Å². The molecule has 2 aromatic rings. The van der Waals surface area contributed by atoms with Gasteiger partial charge in [-0.25, -0.2) is 13.6 Å². The average molecular weight is 263 g/mol. The highest BCUT2D eigenvalue weighted by atomic mass is 19.1. The summed E-state index contributed by atoms with van der Waals surface area (Å²) in [5, 5.41) is 0. The first kappa shape index (κ1) is 13.0. The monoisotopic (exact) mass is 263 g/mol. The van der Waals surface area contributed by atoms with E-state index in [1.165, 1.54) is 30.3 Å². The summed E-state index contributed by atoms with van der Waals surface area (Å²) < 4.78 is 31.3. The number of ether oxygens (including phenoxy) is 1. The molecular weight excluding hydrogens is 252 g/mol. The first-order chi connectivity index (χ1) is 9.06. The van der Waals surface area contributed by atoms with Crippen molar-refractivity contribution in [2.75, 3.05) is 5.73 Å². The molecule has 0 saturated heterocycles. The molecule has 3 nitrogen and oxygen atoms in total. The molecule has 0 spiro atoms. The van der Waals surface area contributed by atoms with Crippen molar-refractivity contribution >= 4 is 11.7 Å². The van der Waals surface area contributed by atoms with Crippen LogP contribution in [0.4, 0.5) is 14.5 Å². The lowest BCUT2D eigenvalue weighted by molar-refractivity contribution is 0.0467. The second-order valence-corrected chi connectivity index (χ2v) is 3.95. The number of nitrogen functional groups attached to an aromatic ring is 1. The quantitative estimate of drug-likeness (QED) is 0.684. The van der Waals surface area contributed by atoms with E-state index in [1.54, 1.807) is 6.07 Å². The molecule has 19 heavy (non-hydrogen) atoms. The Morgan fingerprint density at radius 2 is 1.95 bits per heavy atom. The molecule has 2 aromatic carbocycles. The van der Waals surface area contributed by atoms with Crippen LogP contribution in [0.3, 0.4) is 0 Å². The maximum absolute atomic E-state index is 13.4. The van der Waals surface area contributed by atoms with E-state index >= 15 is 0 Å². The Morgan fingerprint density at radius 3 is 2.63 bits per heavy atom. The number of nitrogens with two attached hydrogens (primary N) is 1. The van der Waals surface area contributed by atoms with Crippen molar-refractivity contribution in [3.8, 4) is 0 Å². The number of carbonyl (C=O) groups is 1. The average Bonchev–Trinajstić information content (AvgIpc) is 2.36. The van der Waals surface area contributed by atoms with Gasteiger partial charge in [0.25, 0.3) is 0 Å². The SMILES string of the molecule is Nc1ccc(C(=O)OCc2cccc(F)c2)c(F)c1. The first-order valence-corrected chi connectivity index (χ1v) is 5.53. The molecule has 0 atom stereocenters. The molecule has 98 valence electrons. The number of hydrogen-bond acceptors (Lipinski definition) is 3. The van der Waals surface area contributed by atoms with Crippen LogP contribution in [0.5, 0.6) is 0 Å². The van der Waals surface area contributed by atoms with Crippen molar-refractivity contribution in [3.63, 3.8) is 0 Å². The Morgan fingerprint density at radius 1 is 1.16 bits per heavy atom. The minimum absolute atomic E-state index is 0.125. The van der Waals surface area contributed by atoms with Crippen molar-refractivity contribution in [3.05, 3.63) is 65.2 Å². The van der Waals surface area contributed by atoms with Gasteiger partial charge in [-0.05, 0) is 35.9 Å². The van der Waals surface area contributed by atoms with Crippen LogP contribution in [-0.4, -0.2) is 5.97 Å². The van der Waals surface area contributed by atoms with E-state index in [0.717, 1.165) is 6.07 Å². The zero-order valence-corrected chi connectivity index (χ0v) is 9.90. The van der Waals surface area contributed by atoms with Crippen LogP contribution in [-0.2, 0) is 11.3 Å². The fraction of sp³-hybridized carbons (Fsp3) is 0.0714. The highest BCUT2D eigenvalue weighted by molar-refractivity contribution is 5.90. The molecular formula is C14H11F2NO2. The lowest BCUT2D eigenvalue weighted by atomic mass is 10.2. The summed E-state index contributed by atoms with van der Waals surface area (Å²) in [5.74, 6) is -1.99. The Hall–Kier alpha value is -2.43. The van der Waals surface area contributed by atoms with E-state index in [-0.39, 0.29) is 17.9 Å². The molecule has 2 rings (SSSR count). The van der Waals surface area contributed by atoms with Gasteiger partial charge < -0.3 is 10.5 Å². The Kier molecular flexibility index (Phi) is 3.75. The summed E-state index contributed by atoms with van der Waals surface area (Å²) in [6, 6.07) is 9.33.